The van der Waals surface area contributed by atoms with Gasteiger partial charge in [0.25, 0.3) is 0 Å². The molecule has 0 aliphatic carbocycles. The van der Waals surface area contributed by atoms with Crippen molar-refractivity contribution in [2.75, 3.05) is 14.2 Å². The molecule has 0 fully saturated rings. The molecule has 1 rings (SSSR count). The van der Waals surface area contributed by atoms with Crippen LogP contribution in [0.25, 0.3) is 0 Å². The van der Waals surface area contributed by atoms with Crippen molar-refractivity contribution in [3.05, 3.63) is 23.3 Å². The number of hydrogen-bond acceptors (Lipinski definition) is 4. The van der Waals surface area contributed by atoms with Crippen molar-refractivity contribution in [3.63, 3.8) is 0 Å². The number of hydrazine groups is 1. The molecular weight excluding hydrogens is 220 g/mol. The predicted octanol–water partition coefficient (Wildman–Crippen LogP) is 1.11. The molecule has 1 amide bonds. The lowest BCUT2D eigenvalue weighted by molar-refractivity contribution is -0.122. The third-order valence-corrected chi connectivity index (χ3v) is 2.77. The van der Waals surface area contributed by atoms with E-state index in [0.717, 1.165) is 11.1 Å². The molecule has 5 nitrogen and oxygen atoms in total. The first-order valence-corrected chi connectivity index (χ1v) is 5.28. The summed E-state index contributed by atoms with van der Waals surface area (Å²) in [5.74, 6) is 5.81. The molecule has 0 radical (unpaired) electrons. The Morgan fingerprint density at radius 3 is 2.29 bits per heavy atom. The van der Waals surface area contributed by atoms with Crippen molar-refractivity contribution in [3.8, 4) is 11.5 Å². The van der Waals surface area contributed by atoms with Gasteiger partial charge in [0.2, 0.25) is 5.91 Å². The molecule has 5 heteroatoms. The standard InChI is InChI=1S/C12H18N2O3/c1-7-5-10(16-3)11(17-4)6-9(7)8(2)12(15)14-13/h5-6,8H,13H2,1-4H3,(H,14,15). The molecule has 0 bridgehead atoms. The molecule has 94 valence electrons. The summed E-state index contributed by atoms with van der Waals surface area (Å²) in [5, 5.41) is 0. The van der Waals surface area contributed by atoms with Gasteiger partial charge < -0.3 is 9.47 Å². The minimum atomic E-state index is -0.334. The van der Waals surface area contributed by atoms with Gasteiger partial charge in [0, 0.05) is 0 Å². The summed E-state index contributed by atoms with van der Waals surface area (Å²) in [5.41, 5.74) is 3.97. The maximum absolute atomic E-state index is 11.5. The Morgan fingerprint density at radius 2 is 1.82 bits per heavy atom. The minimum absolute atomic E-state index is 0.236. The quantitative estimate of drug-likeness (QED) is 0.468. The summed E-state index contributed by atoms with van der Waals surface area (Å²) < 4.78 is 10.4. The van der Waals surface area contributed by atoms with E-state index in [2.05, 4.69) is 5.43 Å². The van der Waals surface area contributed by atoms with Crippen molar-refractivity contribution in [1.29, 1.82) is 0 Å². The Bertz CT molecular complexity index is 418. The third kappa shape index (κ3) is 2.68. The van der Waals surface area contributed by atoms with E-state index in [0.29, 0.717) is 11.5 Å². The van der Waals surface area contributed by atoms with Crippen LogP contribution in [0.4, 0.5) is 0 Å². The van der Waals surface area contributed by atoms with Gasteiger partial charge in [-0.25, -0.2) is 5.84 Å². The molecule has 1 aromatic carbocycles. The fraction of sp³-hybridized carbons (Fsp3) is 0.417. The van der Waals surface area contributed by atoms with Gasteiger partial charge in [-0.05, 0) is 37.1 Å². The Balaban J connectivity index is 3.21. The molecule has 0 heterocycles. The topological polar surface area (TPSA) is 73.6 Å². The Kier molecular flexibility index (Phi) is 4.34. The molecule has 1 atom stereocenters. The van der Waals surface area contributed by atoms with Crippen molar-refractivity contribution in [2.24, 2.45) is 5.84 Å². The van der Waals surface area contributed by atoms with Crippen LogP contribution in [0.15, 0.2) is 12.1 Å². The first-order chi connectivity index (χ1) is 8.04. The largest absolute Gasteiger partial charge is 0.493 e. The summed E-state index contributed by atoms with van der Waals surface area (Å²) in [6.07, 6.45) is 0. The van der Waals surface area contributed by atoms with Crippen LogP contribution in [0.5, 0.6) is 11.5 Å². The molecule has 0 saturated carbocycles. The number of carbonyl (C=O) groups excluding carboxylic acids is 1. The van der Waals surface area contributed by atoms with Crippen LogP contribution < -0.4 is 20.7 Å². The van der Waals surface area contributed by atoms with Crippen molar-refractivity contribution in [1.82, 2.24) is 5.43 Å². The average molecular weight is 238 g/mol. The maximum Gasteiger partial charge on any atom is 0.241 e. The highest BCUT2D eigenvalue weighted by atomic mass is 16.5. The summed E-state index contributed by atoms with van der Waals surface area (Å²) >= 11 is 0. The zero-order valence-corrected chi connectivity index (χ0v) is 10.5. The predicted molar refractivity (Wildman–Crippen MR) is 65.0 cm³/mol. The SMILES string of the molecule is COc1cc(C)c(C(C)C(=O)NN)cc1OC. The number of hydrogen-bond donors (Lipinski definition) is 2. The van der Waals surface area contributed by atoms with Gasteiger partial charge in [-0.15, -0.1) is 0 Å². The maximum atomic E-state index is 11.5. The van der Waals surface area contributed by atoms with Gasteiger partial charge in [0.05, 0.1) is 20.1 Å². The smallest absolute Gasteiger partial charge is 0.241 e. The van der Waals surface area contributed by atoms with Crippen molar-refractivity contribution < 1.29 is 14.3 Å². The van der Waals surface area contributed by atoms with Crippen molar-refractivity contribution >= 4 is 5.91 Å². The molecule has 1 aromatic rings. The Labute approximate surface area is 101 Å². The van der Waals surface area contributed by atoms with E-state index < -0.39 is 0 Å². The molecule has 0 aliphatic rings. The second-order valence-electron chi connectivity index (χ2n) is 3.79. The van der Waals surface area contributed by atoms with E-state index in [-0.39, 0.29) is 11.8 Å². The van der Waals surface area contributed by atoms with E-state index in [9.17, 15) is 4.79 Å². The lowest BCUT2D eigenvalue weighted by Gasteiger charge is -2.16. The summed E-state index contributed by atoms with van der Waals surface area (Å²) in [6, 6.07) is 3.64. The number of ether oxygens (including phenoxy) is 2. The van der Waals surface area contributed by atoms with E-state index in [1.54, 1.807) is 27.2 Å². The molecule has 1 unspecified atom stereocenters. The van der Waals surface area contributed by atoms with Crippen LogP contribution in [0.2, 0.25) is 0 Å². The van der Waals surface area contributed by atoms with Crippen LogP contribution in [0.3, 0.4) is 0 Å². The normalized spacial score (nSPS) is 11.8. The number of aryl methyl sites for hydroxylation is 1. The number of nitrogens with one attached hydrogen (secondary N) is 1. The average Bonchev–Trinajstić information content (AvgIpc) is 2.36. The Morgan fingerprint density at radius 1 is 1.29 bits per heavy atom. The number of nitrogens with two attached hydrogens (primary N) is 1. The highest BCUT2D eigenvalue weighted by Gasteiger charge is 2.18. The molecule has 0 saturated heterocycles. The highest BCUT2D eigenvalue weighted by molar-refractivity contribution is 5.83. The van der Waals surface area contributed by atoms with Gasteiger partial charge in [-0.1, -0.05) is 0 Å². The van der Waals surface area contributed by atoms with E-state index in [1.165, 1.54) is 0 Å². The number of methoxy groups -OCH3 is 2. The second kappa shape index (κ2) is 5.54. The van der Waals surface area contributed by atoms with Gasteiger partial charge >= 0.3 is 0 Å². The highest BCUT2D eigenvalue weighted by Crippen LogP contribution is 2.33. The number of benzene rings is 1. The molecule has 17 heavy (non-hydrogen) atoms. The van der Waals surface area contributed by atoms with E-state index in [1.807, 2.05) is 13.0 Å². The molecule has 3 N–H and O–H groups in total. The van der Waals surface area contributed by atoms with Gasteiger partial charge in [0.15, 0.2) is 11.5 Å². The first kappa shape index (κ1) is 13.3. The lowest BCUT2D eigenvalue weighted by atomic mass is 9.95. The Hall–Kier alpha value is -1.75. The third-order valence-electron chi connectivity index (χ3n) is 2.77. The number of amides is 1. The fourth-order valence-corrected chi connectivity index (χ4v) is 1.73. The molecule has 0 aliphatic heterocycles. The minimum Gasteiger partial charge on any atom is -0.493 e. The van der Waals surface area contributed by atoms with Crippen LogP contribution in [-0.4, -0.2) is 20.1 Å². The zero-order valence-electron chi connectivity index (χ0n) is 10.5. The fourth-order valence-electron chi connectivity index (χ4n) is 1.73. The van der Waals surface area contributed by atoms with E-state index in [4.69, 9.17) is 15.3 Å². The lowest BCUT2D eigenvalue weighted by Crippen LogP contribution is -2.33. The summed E-state index contributed by atoms with van der Waals surface area (Å²) in [6.45, 7) is 3.70. The van der Waals surface area contributed by atoms with Crippen LogP contribution in [0, 0.1) is 6.92 Å². The molecular formula is C12H18N2O3. The van der Waals surface area contributed by atoms with Crippen LogP contribution >= 0.6 is 0 Å². The van der Waals surface area contributed by atoms with Gasteiger partial charge in [-0.3, -0.25) is 10.2 Å². The number of rotatable bonds is 4. The van der Waals surface area contributed by atoms with Gasteiger partial charge in [0.1, 0.15) is 0 Å². The second-order valence-corrected chi connectivity index (χ2v) is 3.79. The van der Waals surface area contributed by atoms with Crippen LogP contribution in [-0.2, 0) is 4.79 Å². The zero-order chi connectivity index (χ0) is 13.0. The van der Waals surface area contributed by atoms with Crippen molar-refractivity contribution in [2.45, 2.75) is 19.8 Å². The van der Waals surface area contributed by atoms with E-state index >= 15 is 0 Å². The van der Waals surface area contributed by atoms with Crippen LogP contribution in [0.1, 0.15) is 24.0 Å². The van der Waals surface area contributed by atoms with Gasteiger partial charge in [-0.2, -0.15) is 0 Å². The summed E-state index contributed by atoms with van der Waals surface area (Å²) in [7, 11) is 3.14. The summed E-state index contributed by atoms with van der Waals surface area (Å²) in [4.78, 5) is 11.5. The number of carbonyl (C=O) groups is 1. The molecule has 0 aromatic heterocycles. The monoisotopic (exact) mass is 238 g/mol. The molecule has 0 spiro atoms. The first-order valence-electron chi connectivity index (χ1n) is 5.28.